The summed E-state index contributed by atoms with van der Waals surface area (Å²) in [4.78, 5) is 25.6. The predicted octanol–water partition coefficient (Wildman–Crippen LogP) is 1.77. The number of nitrogens with one attached hydrogen (secondary N) is 1. The molecule has 1 aliphatic heterocycles. The van der Waals surface area contributed by atoms with E-state index in [1.54, 1.807) is 18.2 Å². The van der Waals surface area contributed by atoms with Gasteiger partial charge in [-0.2, -0.15) is 0 Å². The molecule has 108 valence electrons. The molecule has 0 radical (unpaired) electrons. The van der Waals surface area contributed by atoms with Crippen LogP contribution in [0.3, 0.4) is 0 Å². The van der Waals surface area contributed by atoms with Crippen molar-refractivity contribution in [2.24, 2.45) is 0 Å². The first-order chi connectivity index (χ1) is 9.58. The number of likely N-dealkylation sites (tertiary alicyclic amines) is 1. The Balaban J connectivity index is 1.81. The van der Waals surface area contributed by atoms with Gasteiger partial charge < -0.3 is 16.0 Å². The monoisotopic (exact) mass is 339 g/mol. The Bertz CT molecular complexity index is 513. The van der Waals surface area contributed by atoms with Gasteiger partial charge in [0, 0.05) is 36.2 Å². The van der Waals surface area contributed by atoms with E-state index in [2.05, 4.69) is 21.2 Å². The second kappa shape index (κ2) is 6.74. The molecule has 0 aliphatic carbocycles. The zero-order chi connectivity index (χ0) is 14.5. The van der Waals surface area contributed by atoms with Crippen molar-refractivity contribution in [1.82, 2.24) is 10.2 Å². The van der Waals surface area contributed by atoms with E-state index in [1.165, 1.54) is 0 Å². The third-order valence-corrected chi connectivity index (χ3v) is 3.83. The summed E-state index contributed by atoms with van der Waals surface area (Å²) in [6, 6.07) is 5.11. The highest BCUT2D eigenvalue weighted by Crippen LogP contribution is 2.18. The maximum absolute atomic E-state index is 11.9. The molecule has 2 amide bonds. The number of carbonyl (C=O) groups excluding carboxylic acids is 2. The fourth-order valence-electron chi connectivity index (χ4n) is 2.24. The van der Waals surface area contributed by atoms with Crippen molar-refractivity contribution in [3.63, 3.8) is 0 Å². The third-order valence-electron chi connectivity index (χ3n) is 3.34. The molecule has 1 saturated heterocycles. The number of anilines is 1. The predicted molar refractivity (Wildman–Crippen MR) is 81.3 cm³/mol. The minimum Gasteiger partial charge on any atom is -0.398 e. The van der Waals surface area contributed by atoms with Crippen LogP contribution in [0.1, 0.15) is 29.6 Å². The van der Waals surface area contributed by atoms with Gasteiger partial charge in [-0.3, -0.25) is 9.59 Å². The van der Waals surface area contributed by atoms with E-state index in [0.29, 0.717) is 24.2 Å². The Morgan fingerprint density at radius 1 is 1.30 bits per heavy atom. The number of benzene rings is 1. The van der Waals surface area contributed by atoms with E-state index in [9.17, 15) is 9.59 Å². The number of rotatable bonds is 4. The lowest BCUT2D eigenvalue weighted by molar-refractivity contribution is -0.129. The zero-order valence-corrected chi connectivity index (χ0v) is 12.8. The second-order valence-corrected chi connectivity index (χ2v) is 5.74. The van der Waals surface area contributed by atoms with E-state index in [-0.39, 0.29) is 11.8 Å². The van der Waals surface area contributed by atoms with Gasteiger partial charge in [0.15, 0.2) is 0 Å². The number of hydrogen-bond acceptors (Lipinski definition) is 3. The zero-order valence-electron chi connectivity index (χ0n) is 11.2. The average molecular weight is 340 g/mol. The minimum absolute atomic E-state index is 0.103. The average Bonchev–Trinajstić information content (AvgIpc) is 2.92. The van der Waals surface area contributed by atoms with Crippen LogP contribution in [0, 0.1) is 0 Å². The Morgan fingerprint density at radius 3 is 2.65 bits per heavy atom. The molecule has 0 unspecified atom stereocenters. The van der Waals surface area contributed by atoms with E-state index < -0.39 is 0 Å². The minimum atomic E-state index is -0.246. The van der Waals surface area contributed by atoms with Crippen LogP contribution in [-0.2, 0) is 4.79 Å². The fourth-order valence-corrected chi connectivity index (χ4v) is 2.62. The normalized spacial score (nSPS) is 14.3. The molecule has 0 atom stereocenters. The first kappa shape index (κ1) is 14.8. The summed E-state index contributed by atoms with van der Waals surface area (Å²) in [6.45, 7) is 2.02. The number of nitrogens with zero attached hydrogens (tertiary/aromatic N) is 1. The van der Waals surface area contributed by atoms with E-state index in [1.807, 2.05) is 4.90 Å². The van der Waals surface area contributed by atoms with Gasteiger partial charge in [0.2, 0.25) is 5.91 Å². The summed E-state index contributed by atoms with van der Waals surface area (Å²) in [5, 5.41) is 2.73. The number of hydrogen-bond donors (Lipinski definition) is 2. The van der Waals surface area contributed by atoms with Crippen molar-refractivity contribution >= 4 is 33.4 Å². The Hall–Kier alpha value is -1.56. The van der Waals surface area contributed by atoms with E-state index in [4.69, 9.17) is 5.73 Å². The quantitative estimate of drug-likeness (QED) is 0.821. The van der Waals surface area contributed by atoms with Crippen molar-refractivity contribution in [2.45, 2.75) is 19.3 Å². The van der Waals surface area contributed by atoms with Gasteiger partial charge in [-0.25, -0.2) is 0 Å². The molecule has 0 aromatic heterocycles. The molecule has 0 saturated carbocycles. The number of halogens is 1. The highest BCUT2D eigenvalue weighted by molar-refractivity contribution is 9.10. The second-order valence-electron chi connectivity index (χ2n) is 4.83. The van der Waals surface area contributed by atoms with Crippen LogP contribution in [0.5, 0.6) is 0 Å². The fraction of sp³-hybridized carbons (Fsp3) is 0.429. The smallest absolute Gasteiger partial charge is 0.253 e. The Labute approximate surface area is 126 Å². The molecule has 0 spiro atoms. The van der Waals surface area contributed by atoms with Gasteiger partial charge in [0.1, 0.15) is 0 Å². The van der Waals surface area contributed by atoms with Crippen LogP contribution in [0.4, 0.5) is 5.69 Å². The van der Waals surface area contributed by atoms with Gasteiger partial charge >= 0.3 is 0 Å². The lowest BCUT2D eigenvalue weighted by atomic mass is 10.1. The molecule has 6 heteroatoms. The SMILES string of the molecule is Nc1cc(Br)ccc1C(=O)NCCC(=O)N1CCCC1. The van der Waals surface area contributed by atoms with Crippen LogP contribution >= 0.6 is 15.9 Å². The summed E-state index contributed by atoms with van der Waals surface area (Å²) in [5.74, 6) is -0.143. The third kappa shape index (κ3) is 3.72. The van der Waals surface area contributed by atoms with Gasteiger partial charge in [0.05, 0.1) is 5.56 Å². The number of carbonyl (C=O) groups is 2. The number of amides is 2. The molecule has 1 heterocycles. The lowest BCUT2D eigenvalue weighted by Gasteiger charge is -2.15. The lowest BCUT2D eigenvalue weighted by Crippen LogP contribution is -2.32. The molecule has 3 N–H and O–H groups in total. The number of nitrogens with two attached hydrogens (primary N) is 1. The Morgan fingerprint density at radius 2 is 2.00 bits per heavy atom. The van der Waals surface area contributed by atoms with Crippen molar-refractivity contribution in [3.8, 4) is 0 Å². The molecule has 1 fully saturated rings. The molecule has 1 aliphatic rings. The molecule has 1 aromatic rings. The van der Waals surface area contributed by atoms with Crippen molar-refractivity contribution < 1.29 is 9.59 Å². The van der Waals surface area contributed by atoms with Crippen LogP contribution in [0.25, 0.3) is 0 Å². The topological polar surface area (TPSA) is 75.4 Å². The molecule has 0 bridgehead atoms. The maximum atomic E-state index is 11.9. The summed E-state index contributed by atoms with van der Waals surface area (Å²) in [7, 11) is 0. The maximum Gasteiger partial charge on any atom is 0.253 e. The van der Waals surface area contributed by atoms with Crippen LogP contribution < -0.4 is 11.1 Å². The Kier molecular flexibility index (Phi) is 5.00. The number of nitrogen functional groups attached to an aromatic ring is 1. The van der Waals surface area contributed by atoms with Gasteiger partial charge in [-0.05, 0) is 31.0 Å². The molecular formula is C14H18BrN3O2. The molecule has 2 rings (SSSR count). The van der Waals surface area contributed by atoms with Gasteiger partial charge in [-0.15, -0.1) is 0 Å². The summed E-state index contributed by atoms with van der Waals surface area (Å²) >= 11 is 3.29. The van der Waals surface area contributed by atoms with E-state index in [0.717, 1.165) is 30.4 Å². The van der Waals surface area contributed by atoms with Gasteiger partial charge in [0.25, 0.3) is 5.91 Å². The molecule has 20 heavy (non-hydrogen) atoms. The highest BCUT2D eigenvalue weighted by atomic mass is 79.9. The molecule has 1 aromatic carbocycles. The first-order valence-electron chi connectivity index (χ1n) is 6.69. The van der Waals surface area contributed by atoms with E-state index >= 15 is 0 Å². The molecular weight excluding hydrogens is 322 g/mol. The van der Waals surface area contributed by atoms with Crippen LogP contribution in [0.15, 0.2) is 22.7 Å². The van der Waals surface area contributed by atoms with Gasteiger partial charge in [-0.1, -0.05) is 15.9 Å². The highest BCUT2D eigenvalue weighted by Gasteiger charge is 2.17. The van der Waals surface area contributed by atoms with Crippen molar-refractivity contribution in [2.75, 3.05) is 25.4 Å². The molecule has 5 nitrogen and oxygen atoms in total. The van der Waals surface area contributed by atoms with Crippen LogP contribution in [-0.4, -0.2) is 36.3 Å². The standard InChI is InChI=1S/C14H18BrN3O2/c15-10-3-4-11(12(16)9-10)14(20)17-6-5-13(19)18-7-1-2-8-18/h3-4,9H,1-2,5-8,16H2,(H,17,20). The van der Waals surface area contributed by atoms with Crippen molar-refractivity contribution in [1.29, 1.82) is 0 Å². The van der Waals surface area contributed by atoms with Crippen molar-refractivity contribution in [3.05, 3.63) is 28.2 Å². The summed E-state index contributed by atoms with van der Waals surface area (Å²) in [6.07, 6.45) is 2.49. The first-order valence-corrected chi connectivity index (χ1v) is 7.48. The summed E-state index contributed by atoms with van der Waals surface area (Å²) in [5.41, 5.74) is 6.64. The largest absolute Gasteiger partial charge is 0.398 e. The van der Waals surface area contributed by atoms with Crippen LogP contribution in [0.2, 0.25) is 0 Å². The summed E-state index contributed by atoms with van der Waals surface area (Å²) < 4.78 is 0.829.